The van der Waals surface area contributed by atoms with E-state index in [-0.39, 0.29) is 0 Å². The van der Waals surface area contributed by atoms with Crippen LogP contribution in [0.1, 0.15) is 12.0 Å². The maximum Gasteiger partial charge on any atom is 0.0479 e. The average Bonchev–Trinajstić information content (AvgIpc) is 2.75. The lowest BCUT2D eigenvalue weighted by atomic mass is 9.97. The summed E-state index contributed by atoms with van der Waals surface area (Å²) in [6.45, 7) is 1.46. The van der Waals surface area contributed by atoms with Crippen LogP contribution < -0.4 is 4.90 Å². The van der Waals surface area contributed by atoms with E-state index in [1.807, 2.05) is 0 Å². The van der Waals surface area contributed by atoms with Crippen LogP contribution >= 0.6 is 0 Å². The van der Waals surface area contributed by atoms with E-state index >= 15 is 0 Å². The van der Waals surface area contributed by atoms with Gasteiger partial charge in [0.15, 0.2) is 0 Å². The van der Waals surface area contributed by atoms with Gasteiger partial charge in [-0.15, -0.1) is 0 Å². The number of anilines is 1. The first kappa shape index (κ1) is 8.30. The lowest BCUT2D eigenvalue weighted by molar-refractivity contribution is 0.218. The molecule has 74 valence electrons. The molecule has 1 N–H and O–H groups in total. The van der Waals surface area contributed by atoms with Gasteiger partial charge in [-0.25, -0.2) is 0 Å². The normalized spacial score (nSPS) is 29.1. The molecule has 2 heterocycles. The quantitative estimate of drug-likeness (QED) is 0.722. The molecule has 2 nitrogen and oxygen atoms in total. The third-order valence-electron chi connectivity index (χ3n) is 3.65. The molecule has 2 aliphatic heterocycles. The van der Waals surface area contributed by atoms with Gasteiger partial charge < -0.3 is 10.0 Å². The molecule has 3 rings (SSSR count). The maximum atomic E-state index is 9.27. The minimum atomic E-state index is 0.342. The van der Waals surface area contributed by atoms with E-state index in [1.54, 1.807) is 0 Å². The Balaban J connectivity index is 1.97. The lowest BCUT2D eigenvalue weighted by Crippen LogP contribution is -2.30. The van der Waals surface area contributed by atoms with Gasteiger partial charge in [-0.2, -0.15) is 0 Å². The number of hydrogen-bond acceptors (Lipinski definition) is 2. The van der Waals surface area contributed by atoms with Crippen LogP contribution in [0.5, 0.6) is 0 Å². The number of nitrogens with zero attached hydrogens (tertiary/aromatic N) is 1. The van der Waals surface area contributed by atoms with Gasteiger partial charge in [-0.1, -0.05) is 18.2 Å². The van der Waals surface area contributed by atoms with Gasteiger partial charge in [-0.05, 0) is 24.5 Å². The molecule has 1 saturated heterocycles. The predicted molar refractivity (Wildman–Crippen MR) is 56.5 cm³/mol. The molecule has 0 saturated carbocycles. The van der Waals surface area contributed by atoms with Crippen molar-refractivity contribution >= 4 is 5.69 Å². The molecule has 1 fully saturated rings. The van der Waals surface area contributed by atoms with Gasteiger partial charge in [0.05, 0.1) is 0 Å². The highest BCUT2D eigenvalue weighted by Crippen LogP contribution is 2.39. The zero-order chi connectivity index (χ0) is 9.54. The Hall–Kier alpha value is -1.02. The summed E-state index contributed by atoms with van der Waals surface area (Å²) >= 11 is 0. The summed E-state index contributed by atoms with van der Waals surface area (Å²) in [6, 6.07) is 9.19. The molecule has 0 amide bonds. The first-order valence-corrected chi connectivity index (χ1v) is 5.35. The Kier molecular flexibility index (Phi) is 1.77. The highest BCUT2D eigenvalue weighted by Gasteiger charge is 2.39. The Morgan fingerprint density at radius 1 is 1.36 bits per heavy atom. The number of aliphatic hydroxyl groups is 1. The van der Waals surface area contributed by atoms with Crippen LogP contribution in [-0.2, 0) is 6.42 Å². The summed E-state index contributed by atoms with van der Waals surface area (Å²) in [6.07, 6.45) is 2.27. The first-order valence-electron chi connectivity index (χ1n) is 5.35. The minimum Gasteiger partial charge on any atom is -0.396 e. The van der Waals surface area contributed by atoms with Gasteiger partial charge in [0.25, 0.3) is 0 Å². The molecule has 2 aliphatic rings. The van der Waals surface area contributed by atoms with Crippen LogP contribution in [0, 0.1) is 5.92 Å². The topological polar surface area (TPSA) is 23.5 Å². The van der Waals surface area contributed by atoms with Crippen molar-refractivity contribution in [3.05, 3.63) is 29.8 Å². The Labute approximate surface area is 84.2 Å². The standard InChI is InChI=1S/C12H15NO/c14-8-10-5-6-13-11-4-2-1-3-9(11)7-12(10)13/h1-4,10,12,14H,5-8H2. The number of rotatable bonds is 1. The van der Waals surface area contributed by atoms with E-state index in [9.17, 15) is 5.11 Å². The van der Waals surface area contributed by atoms with Crippen LogP contribution in [0.4, 0.5) is 5.69 Å². The van der Waals surface area contributed by atoms with E-state index in [4.69, 9.17) is 0 Å². The van der Waals surface area contributed by atoms with Crippen molar-refractivity contribution < 1.29 is 5.11 Å². The second-order valence-corrected chi connectivity index (χ2v) is 4.32. The van der Waals surface area contributed by atoms with Crippen molar-refractivity contribution in [2.24, 2.45) is 5.92 Å². The van der Waals surface area contributed by atoms with Gasteiger partial charge in [-0.3, -0.25) is 0 Å². The molecule has 0 radical (unpaired) electrons. The third kappa shape index (κ3) is 1.01. The number of hydrogen-bond donors (Lipinski definition) is 1. The van der Waals surface area contributed by atoms with Gasteiger partial charge >= 0.3 is 0 Å². The van der Waals surface area contributed by atoms with Crippen molar-refractivity contribution in [2.75, 3.05) is 18.1 Å². The van der Waals surface area contributed by atoms with E-state index < -0.39 is 0 Å². The zero-order valence-electron chi connectivity index (χ0n) is 8.19. The molecule has 0 bridgehead atoms. The van der Waals surface area contributed by atoms with E-state index in [0.29, 0.717) is 18.6 Å². The fraction of sp³-hybridized carbons (Fsp3) is 0.500. The SMILES string of the molecule is OCC1CCN2c3ccccc3CC12. The average molecular weight is 189 g/mol. The molecule has 2 heteroatoms. The number of para-hydroxylation sites is 1. The van der Waals surface area contributed by atoms with Gasteiger partial charge in [0.1, 0.15) is 0 Å². The number of aliphatic hydroxyl groups excluding tert-OH is 1. The molecule has 0 aromatic heterocycles. The number of fused-ring (bicyclic) bond motifs is 3. The van der Waals surface area contributed by atoms with Crippen LogP contribution in [0.2, 0.25) is 0 Å². The molecule has 0 aliphatic carbocycles. The largest absolute Gasteiger partial charge is 0.396 e. The van der Waals surface area contributed by atoms with Crippen LogP contribution in [0.15, 0.2) is 24.3 Å². The van der Waals surface area contributed by atoms with Crippen LogP contribution in [-0.4, -0.2) is 24.3 Å². The number of benzene rings is 1. The molecular formula is C12H15NO. The lowest BCUT2D eigenvalue weighted by Gasteiger charge is -2.21. The molecule has 2 atom stereocenters. The summed E-state index contributed by atoms with van der Waals surface area (Å²) in [5.41, 5.74) is 2.85. The van der Waals surface area contributed by atoms with Crippen molar-refractivity contribution in [3.8, 4) is 0 Å². The summed E-state index contributed by atoms with van der Waals surface area (Å²) in [7, 11) is 0. The van der Waals surface area contributed by atoms with Crippen LogP contribution in [0.25, 0.3) is 0 Å². The predicted octanol–water partition coefficient (Wildman–Crippen LogP) is 1.43. The molecule has 1 aromatic carbocycles. The van der Waals surface area contributed by atoms with E-state index in [2.05, 4.69) is 29.2 Å². The minimum absolute atomic E-state index is 0.342. The van der Waals surface area contributed by atoms with Crippen LogP contribution in [0.3, 0.4) is 0 Å². The van der Waals surface area contributed by atoms with Crippen molar-refractivity contribution in [2.45, 2.75) is 18.9 Å². The molecule has 2 unspecified atom stereocenters. The summed E-state index contributed by atoms with van der Waals surface area (Å²) in [5, 5.41) is 9.27. The summed E-state index contributed by atoms with van der Waals surface area (Å²) in [4.78, 5) is 2.47. The Morgan fingerprint density at radius 2 is 2.21 bits per heavy atom. The Bertz CT molecular complexity index is 350. The Morgan fingerprint density at radius 3 is 3.07 bits per heavy atom. The molecule has 1 aromatic rings. The zero-order valence-corrected chi connectivity index (χ0v) is 8.19. The van der Waals surface area contributed by atoms with Crippen molar-refractivity contribution in [1.29, 1.82) is 0 Å². The fourth-order valence-corrected chi connectivity index (χ4v) is 2.90. The highest BCUT2D eigenvalue weighted by atomic mass is 16.3. The second-order valence-electron chi connectivity index (χ2n) is 4.32. The van der Waals surface area contributed by atoms with E-state index in [1.165, 1.54) is 11.3 Å². The smallest absolute Gasteiger partial charge is 0.0479 e. The van der Waals surface area contributed by atoms with Gasteiger partial charge in [0.2, 0.25) is 0 Å². The molecular weight excluding hydrogens is 174 g/mol. The monoisotopic (exact) mass is 189 g/mol. The van der Waals surface area contributed by atoms with Gasteiger partial charge in [0, 0.05) is 30.8 Å². The maximum absolute atomic E-state index is 9.27. The van der Waals surface area contributed by atoms with Crippen molar-refractivity contribution in [3.63, 3.8) is 0 Å². The second kappa shape index (κ2) is 2.99. The summed E-state index contributed by atoms with van der Waals surface area (Å²) in [5.74, 6) is 0.488. The fourth-order valence-electron chi connectivity index (χ4n) is 2.90. The molecule has 14 heavy (non-hydrogen) atoms. The molecule has 0 spiro atoms. The first-order chi connectivity index (χ1) is 6.90. The third-order valence-corrected chi connectivity index (χ3v) is 3.65. The van der Waals surface area contributed by atoms with Crippen molar-refractivity contribution in [1.82, 2.24) is 0 Å². The van der Waals surface area contributed by atoms with E-state index in [0.717, 1.165) is 19.4 Å². The highest BCUT2D eigenvalue weighted by molar-refractivity contribution is 5.60. The summed E-state index contributed by atoms with van der Waals surface area (Å²) < 4.78 is 0.